The highest BCUT2D eigenvalue weighted by Gasteiger charge is 2.05. The maximum Gasteiger partial charge on any atom is 0.131 e. The Hall–Kier alpha value is -2.12. The lowest BCUT2D eigenvalue weighted by Crippen LogP contribution is -2.02. The van der Waals surface area contributed by atoms with Crippen molar-refractivity contribution in [1.29, 1.82) is 5.26 Å². The number of rotatable bonds is 3. The Labute approximate surface area is 114 Å². The van der Waals surface area contributed by atoms with Crippen LogP contribution in [0.4, 0.5) is 14.5 Å². The van der Waals surface area contributed by atoms with Crippen LogP contribution in [0.1, 0.15) is 11.1 Å². The van der Waals surface area contributed by atoms with Gasteiger partial charge < -0.3 is 5.32 Å². The zero-order valence-corrected chi connectivity index (χ0v) is 10.5. The highest BCUT2D eigenvalue weighted by molar-refractivity contribution is 6.32. The molecule has 5 heteroatoms. The molecule has 0 unspecified atom stereocenters. The largest absolute Gasteiger partial charge is 0.381 e. The highest BCUT2D eigenvalue weighted by Crippen LogP contribution is 2.21. The molecule has 2 aromatic rings. The third-order valence-electron chi connectivity index (χ3n) is 2.59. The molecule has 1 N–H and O–H groups in total. The van der Waals surface area contributed by atoms with Crippen molar-refractivity contribution >= 4 is 17.3 Å². The summed E-state index contributed by atoms with van der Waals surface area (Å²) in [6, 6.07) is 10.2. The van der Waals surface area contributed by atoms with Crippen LogP contribution in [0.3, 0.4) is 0 Å². The van der Waals surface area contributed by atoms with Crippen molar-refractivity contribution < 1.29 is 8.78 Å². The van der Waals surface area contributed by atoms with E-state index in [0.29, 0.717) is 21.8 Å². The number of hydrogen-bond donors (Lipinski definition) is 1. The normalized spacial score (nSPS) is 10.0. The van der Waals surface area contributed by atoms with E-state index in [4.69, 9.17) is 16.9 Å². The van der Waals surface area contributed by atoms with E-state index in [0.717, 1.165) is 6.07 Å². The molecule has 0 aliphatic rings. The van der Waals surface area contributed by atoms with Crippen LogP contribution in [-0.4, -0.2) is 0 Å². The van der Waals surface area contributed by atoms with E-state index in [-0.39, 0.29) is 6.54 Å². The van der Waals surface area contributed by atoms with E-state index >= 15 is 0 Å². The van der Waals surface area contributed by atoms with Crippen LogP contribution in [0.5, 0.6) is 0 Å². The third-order valence-corrected chi connectivity index (χ3v) is 2.90. The van der Waals surface area contributed by atoms with E-state index in [1.165, 1.54) is 12.1 Å². The van der Waals surface area contributed by atoms with Gasteiger partial charge in [0, 0.05) is 23.9 Å². The first-order valence-corrected chi connectivity index (χ1v) is 5.85. The van der Waals surface area contributed by atoms with Crippen LogP contribution in [0.2, 0.25) is 5.02 Å². The molecule has 0 spiro atoms. The quantitative estimate of drug-likeness (QED) is 0.917. The van der Waals surface area contributed by atoms with Gasteiger partial charge in [-0.3, -0.25) is 0 Å². The van der Waals surface area contributed by atoms with Gasteiger partial charge in [0.25, 0.3) is 0 Å². The summed E-state index contributed by atoms with van der Waals surface area (Å²) in [4.78, 5) is 0. The van der Waals surface area contributed by atoms with Crippen LogP contribution in [-0.2, 0) is 6.54 Å². The Bertz CT molecular complexity index is 650. The van der Waals surface area contributed by atoms with E-state index in [1.807, 2.05) is 6.07 Å². The van der Waals surface area contributed by atoms with Crippen LogP contribution in [0.25, 0.3) is 0 Å². The lowest BCUT2D eigenvalue weighted by molar-refractivity contribution is 0.574. The first-order chi connectivity index (χ1) is 9.10. The molecule has 19 heavy (non-hydrogen) atoms. The van der Waals surface area contributed by atoms with Gasteiger partial charge in [-0.1, -0.05) is 17.7 Å². The van der Waals surface area contributed by atoms with Gasteiger partial charge in [-0.25, -0.2) is 8.78 Å². The van der Waals surface area contributed by atoms with Crippen molar-refractivity contribution in [2.24, 2.45) is 0 Å². The molecule has 0 saturated heterocycles. The summed E-state index contributed by atoms with van der Waals surface area (Å²) < 4.78 is 26.1. The minimum atomic E-state index is -0.609. The third kappa shape index (κ3) is 3.21. The fourth-order valence-electron chi connectivity index (χ4n) is 1.58. The first-order valence-electron chi connectivity index (χ1n) is 5.47. The molecule has 2 aromatic carbocycles. The van der Waals surface area contributed by atoms with Crippen LogP contribution < -0.4 is 5.32 Å². The Morgan fingerprint density at radius 1 is 1.16 bits per heavy atom. The molecule has 0 saturated carbocycles. The molecule has 0 fully saturated rings. The summed E-state index contributed by atoms with van der Waals surface area (Å²) in [6.45, 7) is 0.203. The average molecular weight is 279 g/mol. The van der Waals surface area contributed by atoms with Crippen molar-refractivity contribution in [2.75, 3.05) is 5.32 Å². The van der Waals surface area contributed by atoms with E-state index in [9.17, 15) is 8.78 Å². The molecule has 0 aliphatic carbocycles. The molecule has 0 bridgehead atoms. The summed E-state index contributed by atoms with van der Waals surface area (Å²) in [5.41, 5.74) is 1.38. The molecule has 0 radical (unpaired) electrons. The van der Waals surface area contributed by atoms with Crippen molar-refractivity contribution in [3.05, 3.63) is 64.2 Å². The Balaban J connectivity index is 2.10. The maximum atomic E-state index is 13.4. The van der Waals surface area contributed by atoms with Gasteiger partial charge in [-0.2, -0.15) is 5.26 Å². The second-order valence-corrected chi connectivity index (χ2v) is 4.30. The molecule has 0 amide bonds. The summed E-state index contributed by atoms with van der Waals surface area (Å²) in [5, 5.41) is 12.0. The number of nitriles is 1. The first kappa shape index (κ1) is 13.3. The molecular formula is C14H9ClF2N2. The van der Waals surface area contributed by atoms with Gasteiger partial charge in [-0.05, 0) is 24.3 Å². The van der Waals surface area contributed by atoms with E-state index < -0.39 is 11.6 Å². The summed E-state index contributed by atoms with van der Waals surface area (Å²) in [5.74, 6) is -1.21. The number of nitrogens with zero attached hydrogens (tertiary/aromatic N) is 1. The van der Waals surface area contributed by atoms with Crippen LogP contribution >= 0.6 is 11.6 Å². The second-order valence-electron chi connectivity index (χ2n) is 3.90. The van der Waals surface area contributed by atoms with Crippen molar-refractivity contribution in [2.45, 2.75) is 6.54 Å². The predicted octanol–water partition coefficient (Wildman–Crippen LogP) is 4.10. The topological polar surface area (TPSA) is 35.8 Å². The molecule has 2 rings (SSSR count). The van der Waals surface area contributed by atoms with Crippen LogP contribution in [0.15, 0.2) is 36.4 Å². The standard InChI is InChI=1S/C14H9ClF2N2/c15-13-6-12(4-2-9(13)7-18)19-8-10-1-3-11(16)5-14(10)17/h1-6,19H,8H2. The van der Waals surface area contributed by atoms with Gasteiger partial charge in [0.05, 0.1) is 10.6 Å². The smallest absolute Gasteiger partial charge is 0.131 e. The summed E-state index contributed by atoms with van der Waals surface area (Å²) in [7, 11) is 0. The number of halogens is 3. The highest BCUT2D eigenvalue weighted by atomic mass is 35.5. The van der Waals surface area contributed by atoms with Gasteiger partial charge >= 0.3 is 0 Å². The van der Waals surface area contributed by atoms with Gasteiger partial charge in [0.15, 0.2) is 0 Å². The predicted molar refractivity (Wildman–Crippen MR) is 69.9 cm³/mol. The Kier molecular flexibility index (Phi) is 3.98. The van der Waals surface area contributed by atoms with Gasteiger partial charge in [0.1, 0.15) is 17.7 Å². The molecule has 0 aromatic heterocycles. The zero-order valence-electron chi connectivity index (χ0n) is 9.75. The molecule has 96 valence electrons. The molecule has 2 nitrogen and oxygen atoms in total. The lowest BCUT2D eigenvalue weighted by atomic mass is 10.2. The van der Waals surface area contributed by atoms with Crippen LogP contribution in [0, 0.1) is 23.0 Å². The SMILES string of the molecule is N#Cc1ccc(NCc2ccc(F)cc2F)cc1Cl. The second kappa shape index (κ2) is 5.68. The summed E-state index contributed by atoms with van der Waals surface area (Å²) >= 11 is 5.88. The van der Waals surface area contributed by atoms with E-state index in [1.54, 1.807) is 18.2 Å². The molecular weight excluding hydrogens is 270 g/mol. The van der Waals surface area contributed by atoms with E-state index in [2.05, 4.69) is 5.32 Å². The average Bonchev–Trinajstić information content (AvgIpc) is 2.38. The Morgan fingerprint density at radius 2 is 1.95 bits per heavy atom. The van der Waals surface area contributed by atoms with Crippen molar-refractivity contribution in [3.63, 3.8) is 0 Å². The van der Waals surface area contributed by atoms with Gasteiger partial charge in [-0.15, -0.1) is 0 Å². The number of nitrogens with one attached hydrogen (secondary N) is 1. The molecule has 0 atom stereocenters. The minimum Gasteiger partial charge on any atom is -0.381 e. The monoisotopic (exact) mass is 278 g/mol. The van der Waals surface area contributed by atoms with Gasteiger partial charge in [0.2, 0.25) is 0 Å². The minimum absolute atomic E-state index is 0.203. The number of hydrogen-bond acceptors (Lipinski definition) is 2. The molecule has 0 heterocycles. The fourth-order valence-corrected chi connectivity index (χ4v) is 1.80. The lowest BCUT2D eigenvalue weighted by Gasteiger charge is -2.08. The number of anilines is 1. The van der Waals surface area contributed by atoms with Crippen molar-refractivity contribution in [3.8, 4) is 6.07 Å². The Morgan fingerprint density at radius 3 is 2.58 bits per heavy atom. The molecule has 0 aliphatic heterocycles. The number of benzene rings is 2. The summed E-state index contributed by atoms with van der Waals surface area (Å²) in [6.07, 6.45) is 0. The fraction of sp³-hybridized carbons (Fsp3) is 0.0714. The zero-order chi connectivity index (χ0) is 13.8. The van der Waals surface area contributed by atoms with Crippen molar-refractivity contribution in [1.82, 2.24) is 0 Å². The maximum absolute atomic E-state index is 13.4.